The summed E-state index contributed by atoms with van der Waals surface area (Å²) in [5.41, 5.74) is 3.89. The SMILES string of the molecule is CCN1CCCC1CNC(=O)c1nc(Br)c(C(F)(F)F)nc1N. The molecular formula is C13H17BrF3N5O. The van der Waals surface area contributed by atoms with Crippen LogP contribution in [0.25, 0.3) is 0 Å². The zero-order chi connectivity index (χ0) is 17.2. The minimum Gasteiger partial charge on any atom is -0.382 e. The number of likely N-dealkylation sites (tertiary alicyclic amines) is 1. The molecule has 0 bridgehead atoms. The van der Waals surface area contributed by atoms with E-state index in [1.807, 2.05) is 6.92 Å². The third-order valence-corrected chi connectivity index (χ3v) is 4.32. The first kappa shape index (κ1) is 17.9. The number of aromatic nitrogens is 2. The van der Waals surface area contributed by atoms with E-state index in [4.69, 9.17) is 5.73 Å². The quantitative estimate of drug-likeness (QED) is 0.814. The van der Waals surface area contributed by atoms with Gasteiger partial charge < -0.3 is 11.1 Å². The van der Waals surface area contributed by atoms with Gasteiger partial charge in [-0.3, -0.25) is 9.69 Å². The van der Waals surface area contributed by atoms with E-state index in [9.17, 15) is 18.0 Å². The number of amides is 1. The van der Waals surface area contributed by atoms with Gasteiger partial charge in [0.25, 0.3) is 5.91 Å². The van der Waals surface area contributed by atoms with E-state index in [0.29, 0.717) is 6.54 Å². The predicted octanol–water partition coefficient (Wildman–Crippen LogP) is 2.05. The first-order chi connectivity index (χ1) is 10.7. The van der Waals surface area contributed by atoms with Crippen LogP contribution in [-0.4, -0.2) is 46.5 Å². The van der Waals surface area contributed by atoms with Crippen LogP contribution in [-0.2, 0) is 6.18 Å². The van der Waals surface area contributed by atoms with Crippen LogP contribution >= 0.6 is 15.9 Å². The topological polar surface area (TPSA) is 84.1 Å². The Labute approximate surface area is 139 Å². The Balaban J connectivity index is 2.09. The standard InChI is InChI=1S/C13H17BrF3N5O/c1-2-22-5-3-4-7(22)6-19-12(23)8-11(18)21-9(10(14)20-8)13(15,16)17/h7H,2-6H2,1H3,(H2,18,21)(H,19,23). The Bertz CT molecular complexity index is 596. The highest BCUT2D eigenvalue weighted by Crippen LogP contribution is 2.33. The number of anilines is 1. The summed E-state index contributed by atoms with van der Waals surface area (Å²) < 4.78 is 37.6. The zero-order valence-electron chi connectivity index (χ0n) is 12.5. The average molecular weight is 396 g/mol. The molecular weight excluding hydrogens is 379 g/mol. The third kappa shape index (κ3) is 4.11. The smallest absolute Gasteiger partial charge is 0.382 e. The normalized spacial score (nSPS) is 19.1. The molecule has 1 amide bonds. The summed E-state index contributed by atoms with van der Waals surface area (Å²) in [6.45, 7) is 4.29. The van der Waals surface area contributed by atoms with Gasteiger partial charge in [0, 0.05) is 12.6 Å². The number of nitrogens with one attached hydrogen (secondary N) is 1. The van der Waals surface area contributed by atoms with E-state index < -0.39 is 28.2 Å². The molecule has 1 atom stereocenters. The molecule has 2 rings (SSSR count). The Morgan fingerprint density at radius 3 is 2.78 bits per heavy atom. The summed E-state index contributed by atoms with van der Waals surface area (Å²) in [6, 6.07) is 0.219. The highest BCUT2D eigenvalue weighted by Gasteiger charge is 2.37. The van der Waals surface area contributed by atoms with Crippen molar-refractivity contribution in [1.29, 1.82) is 0 Å². The molecule has 1 fully saturated rings. The van der Waals surface area contributed by atoms with Crippen LogP contribution in [0.4, 0.5) is 19.0 Å². The van der Waals surface area contributed by atoms with Crippen LogP contribution in [0.3, 0.4) is 0 Å². The first-order valence-electron chi connectivity index (χ1n) is 7.16. The minimum atomic E-state index is -4.69. The predicted molar refractivity (Wildman–Crippen MR) is 81.7 cm³/mol. The van der Waals surface area contributed by atoms with Crippen LogP contribution in [0.1, 0.15) is 35.9 Å². The first-order valence-corrected chi connectivity index (χ1v) is 7.95. The van der Waals surface area contributed by atoms with Crippen molar-refractivity contribution in [3.05, 3.63) is 16.0 Å². The fraction of sp³-hybridized carbons (Fsp3) is 0.615. The number of alkyl halides is 3. The third-order valence-electron chi connectivity index (χ3n) is 3.77. The van der Waals surface area contributed by atoms with Gasteiger partial charge in [0.05, 0.1) is 0 Å². The van der Waals surface area contributed by atoms with Crippen LogP contribution < -0.4 is 11.1 Å². The lowest BCUT2D eigenvalue weighted by Gasteiger charge is -2.22. The number of rotatable bonds is 4. The average Bonchev–Trinajstić information content (AvgIpc) is 2.93. The van der Waals surface area contributed by atoms with Crippen molar-refractivity contribution < 1.29 is 18.0 Å². The summed E-state index contributed by atoms with van der Waals surface area (Å²) in [5, 5.41) is 2.67. The van der Waals surface area contributed by atoms with Crippen molar-refractivity contribution in [2.24, 2.45) is 0 Å². The molecule has 0 aromatic carbocycles. The van der Waals surface area contributed by atoms with Crippen LogP contribution in [0.5, 0.6) is 0 Å². The van der Waals surface area contributed by atoms with E-state index in [1.54, 1.807) is 0 Å². The molecule has 0 spiro atoms. The summed E-state index contributed by atoms with van der Waals surface area (Å²) in [6.07, 6.45) is -2.67. The van der Waals surface area contributed by atoms with Crippen molar-refractivity contribution >= 4 is 27.7 Å². The highest BCUT2D eigenvalue weighted by molar-refractivity contribution is 9.10. The fourth-order valence-corrected chi connectivity index (χ4v) is 3.10. The minimum absolute atomic E-state index is 0.219. The molecule has 3 N–H and O–H groups in total. The van der Waals surface area contributed by atoms with Crippen LogP contribution in [0, 0.1) is 0 Å². The number of nitrogens with two attached hydrogens (primary N) is 1. The van der Waals surface area contributed by atoms with Crippen LogP contribution in [0.15, 0.2) is 4.60 Å². The fourth-order valence-electron chi connectivity index (χ4n) is 2.61. The maximum atomic E-state index is 12.7. The summed E-state index contributed by atoms with van der Waals surface area (Å²) >= 11 is 2.69. The summed E-state index contributed by atoms with van der Waals surface area (Å²) in [7, 11) is 0. The molecule has 1 unspecified atom stereocenters. The van der Waals surface area contributed by atoms with Gasteiger partial charge in [-0.25, -0.2) is 9.97 Å². The number of carbonyl (C=O) groups is 1. The number of nitrogen functional groups attached to an aromatic ring is 1. The lowest BCUT2D eigenvalue weighted by atomic mass is 10.2. The Morgan fingerprint density at radius 1 is 1.48 bits per heavy atom. The molecule has 23 heavy (non-hydrogen) atoms. The van der Waals surface area contributed by atoms with E-state index in [0.717, 1.165) is 25.9 Å². The molecule has 6 nitrogen and oxygen atoms in total. The second-order valence-corrected chi connectivity index (χ2v) is 5.98. The van der Waals surface area contributed by atoms with Crippen molar-refractivity contribution in [2.45, 2.75) is 32.0 Å². The molecule has 1 aromatic rings. The number of halogens is 4. The van der Waals surface area contributed by atoms with E-state index >= 15 is 0 Å². The highest BCUT2D eigenvalue weighted by atomic mass is 79.9. The van der Waals surface area contributed by atoms with Crippen molar-refractivity contribution in [2.75, 3.05) is 25.4 Å². The molecule has 0 aliphatic carbocycles. The lowest BCUT2D eigenvalue weighted by Crippen LogP contribution is -2.40. The van der Waals surface area contributed by atoms with Crippen molar-refractivity contribution in [3.8, 4) is 0 Å². The number of likely N-dealkylation sites (N-methyl/N-ethyl adjacent to an activating group) is 1. The maximum absolute atomic E-state index is 12.7. The van der Waals surface area contributed by atoms with E-state index in [1.165, 1.54) is 0 Å². The van der Waals surface area contributed by atoms with E-state index in [-0.39, 0.29) is 11.7 Å². The van der Waals surface area contributed by atoms with Gasteiger partial charge in [-0.15, -0.1) is 0 Å². The number of carbonyl (C=O) groups excluding carboxylic acids is 1. The second-order valence-electron chi connectivity index (χ2n) is 5.23. The summed E-state index contributed by atoms with van der Waals surface area (Å²) in [4.78, 5) is 21.2. The van der Waals surface area contributed by atoms with E-state index in [2.05, 4.69) is 36.1 Å². The van der Waals surface area contributed by atoms with Crippen molar-refractivity contribution in [1.82, 2.24) is 20.2 Å². The van der Waals surface area contributed by atoms with Gasteiger partial charge in [0.15, 0.2) is 17.2 Å². The monoisotopic (exact) mass is 395 g/mol. The number of nitrogens with zero attached hydrogens (tertiary/aromatic N) is 3. The molecule has 10 heteroatoms. The maximum Gasteiger partial charge on any atom is 0.436 e. The van der Waals surface area contributed by atoms with Gasteiger partial charge >= 0.3 is 6.18 Å². The van der Waals surface area contributed by atoms with Gasteiger partial charge in [0.1, 0.15) is 4.60 Å². The number of hydrogen-bond donors (Lipinski definition) is 2. The Kier molecular flexibility index (Phi) is 5.45. The Hall–Kier alpha value is -1.42. The molecule has 0 radical (unpaired) electrons. The molecule has 1 saturated heterocycles. The number of hydrogen-bond acceptors (Lipinski definition) is 5. The molecule has 0 saturated carbocycles. The lowest BCUT2D eigenvalue weighted by molar-refractivity contribution is -0.142. The van der Waals surface area contributed by atoms with Crippen molar-refractivity contribution in [3.63, 3.8) is 0 Å². The summed E-state index contributed by atoms with van der Waals surface area (Å²) in [5.74, 6) is -1.18. The molecule has 128 valence electrons. The Morgan fingerprint density at radius 2 is 2.17 bits per heavy atom. The largest absolute Gasteiger partial charge is 0.436 e. The molecule has 1 aromatic heterocycles. The molecule has 2 heterocycles. The second kappa shape index (κ2) is 7.00. The molecule has 1 aliphatic rings. The zero-order valence-corrected chi connectivity index (χ0v) is 14.0. The van der Waals surface area contributed by atoms with Gasteiger partial charge in [-0.1, -0.05) is 6.92 Å². The van der Waals surface area contributed by atoms with Crippen LogP contribution in [0.2, 0.25) is 0 Å². The molecule has 1 aliphatic heterocycles. The van der Waals surface area contributed by atoms with Gasteiger partial charge in [-0.05, 0) is 41.9 Å². The van der Waals surface area contributed by atoms with Gasteiger partial charge in [0.2, 0.25) is 0 Å². The van der Waals surface area contributed by atoms with Gasteiger partial charge in [-0.2, -0.15) is 13.2 Å².